The van der Waals surface area contributed by atoms with Crippen molar-refractivity contribution >= 4 is 11.6 Å². The minimum absolute atomic E-state index is 0.0987. The molecule has 4 N–H and O–H groups in total. The molecule has 0 bridgehead atoms. The van der Waals surface area contributed by atoms with Gasteiger partial charge in [0.1, 0.15) is 0 Å². The van der Waals surface area contributed by atoms with Gasteiger partial charge in [-0.25, -0.2) is 4.98 Å². The van der Waals surface area contributed by atoms with Gasteiger partial charge in [0.25, 0.3) is 5.91 Å². The Labute approximate surface area is 75.6 Å². The highest BCUT2D eigenvalue weighted by atomic mass is 16.3. The number of nitrogen functional groups attached to an aromatic ring is 1. The van der Waals surface area contributed by atoms with E-state index in [2.05, 4.69) is 10.3 Å². The van der Waals surface area contributed by atoms with Crippen LogP contribution in [-0.4, -0.2) is 29.1 Å². The van der Waals surface area contributed by atoms with E-state index in [0.29, 0.717) is 5.69 Å². The number of nitrogens with one attached hydrogen (secondary N) is 1. The fourth-order valence-corrected chi connectivity index (χ4v) is 0.861. The largest absolute Gasteiger partial charge is 0.397 e. The number of rotatable bonds is 3. The number of nitrogens with two attached hydrogens (primary N) is 1. The zero-order valence-electron chi connectivity index (χ0n) is 7.03. The van der Waals surface area contributed by atoms with Crippen molar-refractivity contribution in [1.82, 2.24) is 10.3 Å². The van der Waals surface area contributed by atoms with Gasteiger partial charge in [0.2, 0.25) is 0 Å². The molecule has 0 spiro atoms. The number of aliphatic hydroxyl groups excluding tert-OH is 1. The summed E-state index contributed by atoms with van der Waals surface area (Å²) in [6.45, 7) is 0.104. The van der Waals surface area contributed by atoms with E-state index >= 15 is 0 Å². The fourth-order valence-electron chi connectivity index (χ4n) is 0.861. The van der Waals surface area contributed by atoms with Crippen molar-refractivity contribution in [2.75, 3.05) is 18.9 Å². The predicted molar refractivity (Wildman–Crippen MR) is 48.1 cm³/mol. The molecular weight excluding hydrogens is 170 g/mol. The third-order valence-electron chi connectivity index (χ3n) is 1.45. The van der Waals surface area contributed by atoms with E-state index in [1.165, 1.54) is 6.20 Å². The summed E-state index contributed by atoms with van der Waals surface area (Å²) in [5.74, 6) is -0.368. The Kier molecular flexibility index (Phi) is 3.22. The smallest absolute Gasteiger partial charge is 0.272 e. The molecule has 1 aromatic rings. The quantitative estimate of drug-likeness (QED) is 0.580. The van der Waals surface area contributed by atoms with Gasteiger partial charge in [-0.2, -0.15) is 0 Å². The number of carbonyl (C=O) groups excluding carboxylic acids is 1. The zero-order chi connectivity index (χ0) is 9.68. The van der Waals surface area contributed by atoms with Gasteiger partial charge in [-0.3, -0.25) is 4.79 Å². The van der Waals surface area contributed by atoms with Crippen LogP contribution in [0.4, 0.5) is 5.69 Å². The summed E-state index contributed by atoms with van der Waals surface area (Å²) < 4.78 is 0. The lowest BCUT2D eigenvalue weighted by atomic mass is 10.3. The molecule has 0 unspecified atom stereocenters. The lowest BCUT2D eigenvalue weighted by Gasteiger charge is -2.03. The first-order chi connectivity index (χ1) is 6.25. The minimum Gasteiger partial charge on any atom is -0.397 e. The number of pyridine rings is 1. The molecule has 5 heteroatoms. The van der Waals surface area contributed by atoms with Crippen LogP contribution in [0, 0.1) is 0 Å². The SMILES string of the molecule is Nc1cccnc1C(=O)NCCO. The first-order valence-electron chi connectivity index (χ1n) is 3.85. The maximum Gasteiger partial charge on any atom is 0.272 e. The van der Waals surface area contributed by atoms with Crippen molar-refractivity contribution in [2.24, 2.45) is 0 Å². The maximum atomic E-state index is 11.3. The Morgan fingerprint density at radius 3 is 3.08 bits per heavy atom. The van der Waals surface area contributed by atoms with Gasteiger partial charge in [-0.05, 0) is 12.1 Å². The molecule has 70 valence electrons. The average Bonchev–Trinajstić information content (AvgIpc) is 2.15. The predicted octanol–water partition coefficient (Wildman–Crippen LogP) is -0.614. The Bertz CT molecular complexity index is 301. The number of amides is 1. The standard InChI is InChI=1S/C8H11N3O2/c9-6-2-1-3-10-7(6)8(13)11-4-5-12/h1-3,12H,4-5,9H2,(H,11,13). The van der Waals surface area contributed by atoms with E-state index in [9.17, 15) is 4.79 Å². The molecule has 1 heterocycles. The number of hydrogen-bond donors (Lipinski definition) is 3. The summed E-state index contributed by atoms with van der Waals surface area (Å²) in [7, 11) is 0. The van der Waals surface area contributed by atoms with E-state index in [0.717, 1.165) is 0 Å². The molecule has 0 aliphatic rings. The molecule has 0 saturated heterocycles. The second kappa shape index (κ2) is 4.42. The molecule has 0 aliphatic carbocycles. The molecule has 5 nitrogen and oxygen atoms in total. The van der Waals surface area contributed by atoms with Crippen LogP contribution in [-0.2, 0) is 0 Å². The van der Waals surface area contributed by atoms with Gasteiger partial charge in [-0.1, -0.05) is 0 Å². The zero-order valence-corrected chi connectivity index (χ0v) is 7.03. The van der Waals surface area contributed by atoms with Crippen LogP contribution in [0.5, 0.6) is 0 Å². The summed E-state index contributed by atoms with van der Waals surface area (Å²) >= 11 is 0. The average molecular weight is 181 g/mol. The van der Waals surface area contributed by atoms with Crippen LogP contribution < -0.4 is 11.1 Å². The Morgan fingerprint density at radius 2 is 2.46 bits per heavy atom. The normalized spacial score (nSPS) is 9.62. The van der Waals surface area contributed by atoms with Crippen LogP contribution in [0.2, 0.25) is 0 Å². The first kappa shape index (κ1) is 9.47. The van der Waals surface area contributed by atoms with Crippen molar-refractivity contribution in [3.63, 3.8) is 0 Å². The van der Waals surface area contributed by atoms with Gasteiger partial charge in [0.05, 0.1) is 12.3 Å². The fraction of sp³-hybridized carbons (Fsp3) is 0.250. The van der Waals surface area contributed by atoms with Crippen LogP contribution in [0.3, 0.4) is 0 Å². The minimum atomic E-state index is -0.368. The molecule has 0 radical (unpaired) electrons. The van der Waals surface area contributed by atoms with E-state index < -0.39 is 0 Å². The van der Waals surface area contributed by atoms with Crippen LogP contribution in [0.25, 0.3) is 0 Å². The second-order valence-corrected chi connectivity index (χ2v) is 2.42. The molecule has 0 aliphatic heterocycles. The number of aliphatic hydroxyl groups is 1. The highest BCUT2D eigenvalue weighted by Gasteiger charge is 2.08. The van der Waals surface area contributed by atoms with E-state index in [1.807, 2.05) is 0 Å². The second-order valence-electron chi connectivity index (χ2n) is 2.42. The monoisotopic (exact) mass is 181 g/mol. The first-order valence-corrected chi connectivity index (χ1v) is 3.85. The summed E-state index contributed by atoms with van der Waals surface area (Å²) in [4.78, 5) is 15.1. The highest BCUT2D eigenvalue weighted by molar-refractivity contribution is 5.96. The third kappa shape index (κ3) is 2.41. The Morgan fingerprint density at radius 1 is 1.69 bits per heavy atom. The molecule has 1 rings (SSSR count). The van der Waals surface area contributed by atoms with Crippen molar-refractivity contribution in [3.8, 4) is 0 Å². The highest BCUT2D eigenvalue weighted by Crippen LogP contribution is 2.05. The molecule has 0 atom stereocenters. The summed E-state index contributed by atoms with van der Waals surface area (Å²) in [5, 5.41) is 10.9. The number of hydrogen-bond acceptors (Lipinski definition) is 4. The number of nitrogens with zero attached hydrogens (tertiary/aromatic N) is 1. The lowest BCUT2D eigenvalue weighted by molar-refractivity contribution is 0.0941. The number of carbonyl (C=O) groups is 1. The van der Waals surface area contributed by atoms with Crippen molar-refractivity contribution in [1.29, 1.82) is 0 Å². The molecule has 0 fully saturated rings. The van der Waals surface area contributed by atoms with Gasteiger partial charge in [0, 0.05) is 12.7 Å². The number of anilines is 1. The molecule has 1 aromatic heterocycles. The summed E-state index contributed by atoms with van der Waals surface area (Å²) in [6.07, 6.45) is 1.49. The number of aromatic nitrogens is 1. The van der Waals surface area contributed by atoms with Gasteiger partial charge >= 0.3 is 0 Å². The van der Waals surface area contributed by atoms with E-state index in [4.69, 9.17) is 10.8 Å². The van der Waals surface area contributed by atoms with Crippen molar-refractivity contribution in [3.05, 3.63) is 24.0 Å². The van der Waals surface area contributed by atoms with Gasteiger partial charge in [0.15, 0.2) is 5.69 Å². The molecule has 0 aromatic carbocycles. The lowest BCUT2D eigenvalue weighted by Crippen LogP contribution is -2.27. The maximum absolute atomic E-state index is 11.3. The Hall–Kier alpha value is -1.62. The van der Waals surface area contributed by atoms with Crippen LogP contribution in [0.1, 0.15) is 10.5 Å². The summed E-state index contributed by atoms with van der Waals surface area (Å²) in [6, 6.07) is 3.25. The van der Waals surface area contributed by atoms with Gasteiger partial charge in [-0.15, -0.1) is 0 Å². The van der Waals surface area contributed by atoms with E-state index in [-0.39, 0.29) is 24.8 Å². The van der Waals surface area contributed by atoms with Crippen LogP contribution >= 0.6 is 0 Å². The molecular formula is C8H11N3O2. The third-order valence-corrected chi connectivity index (χ3v) is 1.45. The topological polar surface area (TPSA) is 88.2 Å². The summed E-state index contributed by atoms with van der Waals surface area (Å²) in [5.41, 5.74) is 6.03. The van der Waals surface area contributed by atoms with Crippen molar-refractivity contribution < 1.29 is 9.90 Å². The molecule has 0 saturated carbocycles. The van der Waals surface area contributed by atoms with Crippen LogP contribution in [0.15, 0.2) is 18.3 Å². The van der Waals surface area contributed by atoms with Crippen molar-refractivity contribution in [2.45, 2.75) is 0 Å². The Balaban J connectivity index is 2.71. The molecule has 13 heavy (non-hydrogen) atoms. The van der Waals surface area contributed by atoms with E-state index in [1.54, 1.807) is 12.1 Å². The molecule has 1 amide bonds. The van der Waals surface area contributed by atoms with Gasteiger partial charge < -0.3 is 16.2 Å².